The van der Waals surface area contributed by atoms with Crippen molar-refractivity contribution in [3.8, 4) is 11.3 Å². The maximum Gasteiger partial charge on any atom is 0.283 e. The number of aliphatic imine (C=N–C) groups is 1. The van der Waals surface area contributed by atoms with Crippen LogP contribution >= 0.6 is 11.8 Å². The van der Waals surface area contributed by atoms with Crippen molar-refractivity contribution >= 4 is 39.8 Å². The molecule has 0 unspecified atom stereocenters. The molecule has 6 nitrogen and oxygen atoms in total. The van der Waals surface area contributed by atoms with E-state index in [-0.39, 0.29) is 11.4 Å². The summed E-state index contributed by atoms with van der Waals surface area (Å²) in [5, 5.41) is 15.6. The van der Waals surface area contributed by atoms with Gasteiger partial charge in [-0.3, -0.25) is 10.2 Å². The predicted octanol–water partition coefficient (Wildman–Crippen LogP) is 4.81. The lowest BCUT2D eigenvalue weighted by molar-refractivity contribution is -0.114. The number of nitrogens with zero attached hydrogens (tertiary/aromatic N) is 3. The molecule has 5 rings (SSSR count). The van der Waals surface area contributed by atoms with Crippen molar-refractivity contribution in [1.82, 2.24) is 5.01 Å². The summed E-state index contributed by atoms with van der Waals surface area (Å²) in [7, 11) is 0. The van der Waals surface area contributed by atoms with Crippen molar-refractivity contribution in [2.24, 2.45) is 10.1 Å². The first kappa shape index (κ1) is 18.3. The third kappa shape index (κ3) is 3.51. The highest BCUT2D eigenvalue weighted by Crippen LogP contribution is 2.30. The number of nitrogens with one attached hydrogen (secondary N) is 1. The zero-order valence-corrected chi connectivity index (χ0v) is 16.6. The Hall–Kier alpha value is -3.71. The van der Waals surface area contributed by atoms with Crippen LogP contribution in [0.25, 0.3) is 17.4 Å². The standard InChI is InChI=1S/C23H16N4O2S/c24-21-18(14-17-11-12-19(29-17)16-9-5-2-6-10-16)22(28)25-23-27(21)26-20(30-23)13-15-7-3-1-4-8-15/h1-12,14,24H,13H2/b18-14-,24-21?. The van der Waals surface area contributed by atoms with E-state index in [2.05, 4.69) is 10.1 Å². The maximum atomic E-state index is 12.6. The molecular weight excluding hydrogens is 396 g/mol. The summed E-state index contributed by atoms with van der Waals surface area (Å²) < 4.78 is 5.85. The first-order chi connectivity index (χ1) is 14.7. The molecule has 3 heterocycles. The average Bonchev–Trinajstić information content (AvgIpc) is 3.39. The van der Waals surface area contributed by atoms with Gasteiger partial charge in [-0.15, -0.1) is 0 Å². The Morgan fingerprint density at radius 3 is 2.50 bits per heavy atom. The molecule has 0 fully saturated rings. The summed E-state index contributed by atoms with van der Waals surface area (Å²) >= 11 is 1.32. The molecule has 3 aromatic rings. The second kappa shape index (κ2) is 7.61. The Labute approximate surface area is 177 Å². The molecule has 1 N–H and O–H groups in total. The lowest BCUT2D eigenvalue weighted by atomic mass is 10.1. The number of amides is 1. The molecule has 2 aliphatic rings. The van der Waals surface area contributed by atoms with Gasteiger partial charge >= 0.3 is 0 Å². The summed E-state index contributed by atoms with van der Waals surface area (Å²) in [6.45, 7) is 0. The van der Waals surface area contributed by atoms with Crippen molar-refractivity contribution in [3.63, 3.8) is 0 Å². The van der Waals surface area contributed by atoms with Crippen molar-refractivity contribution < 1.29 is 9.21 Å². The Balaban J connectivity index is 1.40. The first-order valence-corrected chi connectivity index (χ1v) is 10.2. The van der Waals surface area contributed by atoms with Crippen LogP contribution in [0.4, 0.5) is 0 Å². The molecule has 0 spiro atoms. The number of hydrogen-bond acceptors (Lipinski definition) is 5. The van der Waals surface area contributed by atoms with E-state index >= 15 is 0 Å². The Bertz CT molecular complexity index is 1230. The maximum absolute atomic E-state index is 12.6. The molecule has 0 aliphatic carbocycles. The summed E-state index contributed by atoms with van der Waals surface area (Å²) in [5.41, 5.74) is 2.21. The number of carbonyl (C=O) groups is 1. The SMILES string of the molecule is N=C1/C(=C/c2ccc(-c3ccccc3)o2)C(=O)N=C2SC(Cc3ccccc3)=NN12. The molecule has 0 saturated heterocycles. The van der Waals surface area contributed by atoms with Crippen LogP contribution in [0.15, 0.2) is 92.9 Å². The van der Waals surface area contributed by atoms with Crippen LogP contribution in [0.1, 0.15) is 11.3 Å². The number of hydrogen-bond donors (Lipinski definition) is 1. The summed E-state index contributed by atoms with van der Waals surface area (Å²) in [6.07, 6.45) is 2.17. The van der Waals surface area contributed by atoms with Gasteiger partial charge < -0.3 is 4.42 Å². The van der Waals surface area contributed by atoms with Gasteiger partial charge in [0.2, 0.25) is 5.17 Å². The van der Waals surface area contributed by atoms with Crippen molar-refractivity contribution in [2.45, 2.75) is 6.42 Å². The quantitative estimate of drug-likeness (QED) is 0.624. The largest absolute Gasteiger partial charge is 0.457 e. The Morgan fingerprint density at radius 2 is 1.73 bits per heavy atom. The van der Waals surface area contributed by atoms with E-state index in [0.29, 0.717) is 23.1 Å². The third-order valence-corrected chi connectivity index (χ3v) is 5.57. The average molecular weight is 412 g/mol. The third-order valence-electron chi connectivity index (χ3n) is 4.67. The van der Waals surface area contributed by atoms with Crippen LogP contribution in [0, 0.1) is 5.41 Å². The topological polar surface area (TPSA) is 82.0 Å². The number of fused-ring (bicyclic) bond motifs is 1. The van der Waals surface area contributed by atoms with Crippen LogP contribution < -0.4 is 0 Å². The van der Waals surface area contributed by atoms with Crippen LogP contribution in [0.3, 0.4) is 0 Å². The minimum Gasteiger partial charge on any atom is -0.457 e. The lowest BCUT2D eigenvalue weighted by Crippen LogP contribution is -2.35. The van der Waals surface area contributed by atoms with Crippen LogP contribution in [-0.2, 0) is 11.2 Å². The molecule has 0 radical (unpaired) electrons. The van der Waals surface area contributed by atoms with Crippen LogP contribution in [0.5, 0.6) is 0 Å². The summed E-state index contributed by atoms with van der Waals surface area (Å²) in [5.74, 6) is 0.716. The van der Waals surface area contributed by atoms with Gasteiger partial charge in [0.1, 0.15) is 16.6 Å². The van der Waals surface area contributed by atoms with Gasteiger partial charge in [-0.25, -0.2) is 0 Å². The van der Waals surface area contributed by atoms with E-state index in [9.17, 15) is 4.79 Å². The minimum absolute atomic E-state index is 0.00165. The summed E-state index contributed by atoms with van der Waals surface area (Å²) in [4.78, 5) is 16.7. The fourth-order valence-corrected chi connectivity index (χ4v) is 4.12. The van der Waals surface area contributed by atoms with Gasteiger partial charge in [0.15, 0.2) is 5.84 Å². The number of hydrazone groups is 1. The Morgan fingerprint density at radius 1 is 1.00 bits per heavy atom. The highest BCUT2D eigenvalue weighted by Gasteiger charge is 2.35. The zero-order chi connectivity index (χ0) is 20.5. The molecule has 0 atom stereocenters. The zero-order valence-electron chi connectivity index (χ0n) is 15.8. The van der Waals surface area contributed by atoms with E-state index < -0.39 is 5.91 Å². The van der Waals surface area contributed by atoms with Gasteiger partial charge in [-0.1, -0.05) is 60.7 Å². The molecule has 1 aromatic heterocycles. The van der Waals surface area contributed by atoms with Gasteiger partial charge in [-0.2, -0.15) is 15.1 Å². The van der Waals surface area contributed by atoms with E-state index in [1.807, 2.05) is 66.7 Å². The highest BCUT2D eigenvalue weighted by atomic mass is 32.2. The molecule has 2 aliphatic heterocycles. The van der Waals surface area contributed by atoms with Gasteiger partial charge in [0.05, 0.1) is 5.57 Å². The molecule has 1 amide bonds. The second-order valence-corrected chi connectivity index (χ2v) is 7.78. The smallest absolute Gasteiger partial charge is 0.283 e. The summed E-state index contributed by atoms with van der Waals surface area (Å²) in [6, 6.07) is 23.3. The number of amidine groups is 2. The highest BCUT2D eigenvalue weighted by molar-refractivity contribution is 8.26. The van der Waals surface area contributed by atoms with Gasteiger partial charge in [0.25, 0.3) is 5.91 Å². The molecule has 0 bridgehead atoms. The molecule has 0 saturated carbocycles. The Kier molecular flexibility index (Phi) is 4.65. The van der Waals surface area contributed by atoms with Crippen molar-refractivity contribution in [2.75, 3.05) is 0 Å². The number of furan rings is 1. The predicted molar refractivity (Wildman–Crippen MR) is 119 cm³/mol. The van der Waals surface area contributed by atoms with Gasteiger partial charge in [0, 0.05) is 12.0 Å². The fraction of sp³-hybridized carbons (Fsp3) is 0.0435. The molecule has 2 aromatic carbocycles. The number of benzene rings is 2. The lowest BCUT2D eigenvalue weighted by Gasteiger charge is -2.19. The minimum atomic E-state index is -0.465. The van der Waals surface area contributed by atoms with E-state index in [1.54, 1.807) is 12.1 Å². The van der Waals surface area contributed by atoms with Gasteiger partial charge in [-0.05, 0) is 35.5 Å². The number of rotatable bonds is 4. The normalized spacial score (nSPS) is 17.2. The van der Waals surface area contributed by atoms with E-state index in [1.165, 1.54) is 16.8 Å². The monoisotopic (exact) mass is 412 g/mol. The number of carbonyl (C=O) groups excluding carboxylic acids is 1. The van der Waals surface area contributed by atoms with E-state index in [0.717, 1.165) is 16.2 Å². The first-order valence-electron chi connectivity index (χ1n) is 9.36. The van der Waals surface area contributed by atoms with Crippen molar-refractivity contribution in [3.05, 3.63) is 89.7 Å². The fourth-order valence-electron chi connectivity index (χ4n) is 3.20. The van der Waals surface area contributed by atoms with Crippen LogP contribution in [-0.4, -0.2) is 27.0 Å². The molecule has 146 valence electrons. The van der Waals surface area contributed by atoms with E-state index in [4.69, 9.17) is 9.83 Å². The van der Waals surface area contributed by atoms with Crippen LogP contribution in [0.2, 0.25) is 0 Å². The molecular formula is C23H16N4O2S. The second-order valence-electron chi connectivity index (χ2n) is 6.74. The molecule has 7 heteroatoms. The molecule has 30 heavy (non-hydrogen) atoms. The van der Waals surface area contributed by atoms with Crippen molar-refractivity contribution in [1.29, 1.82) is 5.41 Å². The number of thioether (sulfide) groups is 1.